The highest BCUT2D eigenvalue weighted by Crippen LogP contribution is 2.37. The van der Waals surface area contributed by atoms with Crippen LogP contribution in [0, 0.1) is 11.8 Å². The molecule has 2 unspecified atom stereocenters. The number of benzene rings is 3. The maximum Gasteiger partial charge on any atom is 0.260 e. The molecule has 7 rings (SSSR count). The van der Waals surface area contributed by atoms with Crippen LogP contribution in [0.15, 0.2) is 101 Å². The van der Waals surface area contributed by atoms with Crippen LogP contribution in [0.25, 0.3) is 0 Å². The quantitative estimate of drug-likeness (QED) is 0.235. The lowest BCUT2D eigenvalue weighted by atomic mass is 9.85. The first-order valence-corrected chi connectivity index (χ1v) is 16.9. The lowest BCUT2D eigenvalue weighted by molar-refractivity contribution is -0.129. The largest absolute Gasteiger partial charge is 0.490 e. The van der Waals surface area contributed by atoms with Crippen molar-refractivity contribution in [2.24, 2.45) is 11.8 Å². The van der Waals surface area contributed by atoms with Crippen LogP contribution in [0.4, 0.5) is 11.4 Å². The predicted molar refractivity (Wildman–Crippen MR) is 183 cm³/mol. The minimum absolute atomic E-state index is 0.0152. The van der Waals surface area contributed by atoms with Gasteiger partial charge in [-0.1, -0.05) is 42.5 Å². The van der Waals surface area contributed by atoms with Gasteiger partial charge in [-0.2, -0.15) is 0 Å². The molecule has 0 radical (unpaired) electrons. The van der Waals surface area contributed by atoms with E-state index in [2.05, 4.69) is 15.9 Å². The minimum Gasteiger partial charge on any atom is -0.490 e. The Bertz CT molecular complexity index is 1750. The molecule has 2 heterocycles. The van der Waals surface area contributed by atoms with Crippen molar-refractivity contribution in [3.63, 3.8) is 0 Å². The Morgan fingerprint density at radius 1 is 0.745 bits per heavy atom. The number of ether oxygens (including phenoxy) is 2. The van der Waals surface area contributed by atoms with E-state index in [1.165, 1.54) is 9.80 Å². The molecule has 0 aromatic heterocycles. The third-order valence-electron chi connectivity index (χ3n) is 8.64. The summed E-state index contributed by atoms with van der Waals surface area (Å²) in [5.74, 6) is 0.395. The molecule has 3 aromatic carbocycles. The number of halogens is 1. The van der Waals surface area contributed by atoms with E-state index in [0.717, 1.165) is 59.7 Å². The lowest BCUT2D eigenvalue weighted by Crippen LogP contribution is -2.46. The summed E-state index contributed by atoms with van der Waals surface area (Å²) in [7, 11) is 0. The molecule has 8 nitrogen and oxygen atoms in total. The van der Waals surface area contributed by atoms with Crippen molar-refractivity contribution >= 4 is 50.9 Å². The number of fused-ring (bicyclic) bond motifs is 2. The number of imide groups is 2. The molecule has 4 aliphatic rings. The molecule has 0 N–H and O–H groups in total. The molecule has 2 aliphatic carbocycles. The Kier molecular flexibility index (Phi) is 9.73. The maximum atomic E-state index is 12.6. The number of rotatable bonds is 7. The first kappa shape index (κ1) is 32.4. The third-order valence-corrected chi connectivity index (χ3v) is 9.29. The summed E-state index contributed by atoms with van der Waals surface area (Å²) in [6.45, 7) is 4.35. The van der Waals surface area contributed by atoms with Crippen molar-refractivity contribution < 1.29 is 28.7 Å². The van der Waals surface area contributed by atoms with Gasteiger partial charge in [-0.25, -0.2) is 9.80 Å². The average molecular weight is 698 g/mol. The fourth-order valence-corrected chi connectivity index (χ4v) is 6.65. The summed E-state index contributed by atoms with van der Waals surface area (Å²) in [6.07, 6.45) is 8.68. The Balaban J connectivity index is 0.000000166. The van der Waals surface area contributed by atoms with Crippen molar-refractivity contribution in [2.45, 2.75) is 65.1 Å². The van der Waals surface area contributed by atoms with Gasteiger partial charge >= 0.3 is 0 Å². The van der Waals surface area contributed by atoms with Gasteiger partial charge < -0.3 is 9.47 Å². The highest BCUT2D eigenvalue weighted by molar-refractivity contribution is 9.10. The number of hydrogen-bond acceptors (Lipinski definition) is 6. The Labute approximate surface area is 283 Å². The maximum absolute atomic E-state index is 12.6. The zero-order valence-corrected chi connectivity index (χ0v) is 28.1. The summed E-state index contributed by atoms with van der Waals surface area (Å²) >= 11 is 3.44. The molecule has 3 aromatic rings. The van der Waals surface area contributed by atoms with Crippen LogP contribution in [-0.2, 0) is 25.8 Å². The molecule has 0 saturated heterocycles. The second kappa shape index (κ2) is 14.1. The van der Waals surface area contributed by atoms with Crippen LogP contribution >= 0.6 is 15.9 Å². The molecule has 242 valence electrons. The summed E-state index contributed by atoms with van der Waals surface area (Å²) < 4.78 is 12.3. The number of carbonyl (C=O) groups excluding carboxylic acids is 4. The molecule has 0 fully saturated rings. The van der Waals surface area contributed by atoms with Gasteiger partial charge in [-0.05, 0) is 110 Å². The predicted octanol–water partition coefficient (Wildman–Crippen LogP) is 7.70. The first-order valence-electron chi connectivity index (χ1n) is 16.1. The zero-order chi connectivity index (χ0) is 33.1. The molecule has 4 bridgehead atoms. The van der Waals surface area contributed by atoms with Crippen LogP contribution in [0.1, 0.15) is 57.9 Å². The minimum atomic E-state index is -0.196. The normalized spacial score (nSPS) is 20.3. The van der Waals surface area contributed by atoms with Gasteiger partial charge in [0.2, 0.25) is 11.8 Å². The topological polar surface area (TPSA) is 93.2 Å². The number of anilines is 2. The molecule has 47 heavy (non-hydrogen) atoms. The van der Waals surface area contributed by atoms with Gasteiger partial charge in [-0.3, -0.25) is 19.2 Å². The monoisotopic (exact) mass is 696 g/mol. The third kappa shape index (κ3) is 7.10. The first-order chi connectivity index (χ1) is 22.7. The Hall–Kier alpha value is -4.50. The molecule has 0 spiro atoms. The van der Waals surface area contributed by atoms with Crippen molar-refractivity contribution in [3.05, 3.63) is 106 Å². The van der Waals surface area contributed by atoms with E-state index >= 15 is 0 Å². The average Bonchev–Trinajstić information content (AvgIpc) is 3.09. The molecule has 0 saturated carbocycles. The Morgan fingerprint density at radius 3 is 1.87 bits per heavy atom. The van der Waals surface area contributed by atoms with Crippen LogP contribution < -0.4 is 19.3 Å². The second-order valence-electron chi connectivity index (χ2n) is 12.4. The highest BCUT2D eigenvalue weighted by Gasteiger charge is 2.39. The van der Waals surface area contributed by atoms with Gasteiger partial charge in [0.05, 0.1) is 33.8 Å². The summed E-state index contributed by atoms with van der Waals surface area (Å²) in [4.78, 5) is 52.9. The number of amides is 4. The summed E-state index contributed by atoms with van der Waals surface area (Å²) in [5.41, 5.74) is 3.80. The van der Waals surface area contributed by atoms with Gasteiger partial charge in [0.25, 0.3) is 11.8 Å². The van der Waals surface area contributed by atoms with E-state index in [0.29, 0.717) is 29.5 Å². The molecular weight excluding hydrogens is 660 g/mol. The van der Waals surface area contributed by atoms with Crippen molar-refractivity contribution in [1.29, 1.82) is 0 Å². The molecule has 4 amide bonds. The Morgan fingerprint density at radius 2 is 1.30 bits per heavy atom. The van der Waals surface area contributed by atoms with E-state index in [4.69, 9.17) is 9.47 Å². The molecule has 9 heteroatoms. The van der Waals surface area contributed by atoms with Crippen molar-refractivity contribution in [2.75, 3.05) is 9.80 Å². The van der Waals surface area contributed by atoms with Crippen molar-refractivity contribution in [1.82, 2.24) is 0 Å². The van der Waals surface area contributed by atoms with E-state index in [9.17, 15) is 19.2 Å². The van der Waals surface area contributed by atoms with Crippen molar-refractivity contribution in [3.8, 4) is 11.5 Å². The van der Waals surface area contributed by atoms with Crippen LogP contribution in [0.5, 0.6) is 11.5 Å². The van der Waals surface area contributed by atoms with Crippen LogP contribution in [-0.4, -0.2) is 29.7 Å². The van der Waals surface area contributed by atoms with E-state index in [1.54, 1.807) is 36.4 Å². The van der Waals surface area contributed by atoms with Gasteiger partial charge in [0, 0.05) is 17.2 Å². The smallest absolute Gasteiger partial charge is 0.260 e. The fourth-order valence-electron chi connectivity index (χ4n) is 6.31. The van der Waals surface area contributed by atoms with E-state index < -0.39 is 0 Å². The molecule has 2 aliphatic heterocycles. The fraction of sp³-hybridized carbons (Fsp3) is 0.316. The van der Waals surface area contributed by atoms with Crippen LogP contribution in [0.3, 0.4) is 0 Å². The number of nitrogens with zero attached hydrogens (tertiary/aromatic N) is 2. The second-order valence-corrected chi connectivity index (χ2v) is 13.2. The standard InChI is InChI=1S/C21H19NO3.C17H18BrNO3/c23-20-16-7-4-8-17(13-16)21(24)22(20)18-9-11-19(12-10-18)25-14-15-5-2-1-3-6-15;1-10(2)22-15-9-13(6-7-14(15)18)19-16(20)11-4-3-5-12(8-11)17(19)21/h1-3,5-6,9-13,16H,4,7-8,14H2;6-11H,3-5H2,1-2H3. The zero-order valence-electron chi connectivity index (χ0n) is 26.5. The number of carbonyl (C=O) groups is 4. The van der Waals surface area contributed by atoms with Gasteiger partial charge in [0.1, 0.15) is 18.1 Å². The van der Waals surface area contributed by atoms with E-state index in [-0.39, 0.29) is 41.6 Å². The molecular formula is C38H37BrN2O6. The summed E-state index contributed by atoms with van der Waals surface area (Å²) in [6, 6.07) is 22.4. The number of hydrogen-bond donors (Lipinski definition) is 0. The van der Waals surface area contributed by atoms with Crippen LogP contribution in [0.2, 0.25) is 0 Å². The SMILES string of the molecule is CC(C)Oc1cc(N2C(=O)C3=CC(CCC3)C2=O)ccc1Br.O=C1C2=CC(CCC2)C(=O)N1c1ccc(OCc2ccccc2)cc1. The highest BCUT2D eigenvalue weighted by atomic mass is 79.9. The van der Waals surface area contributed by atoms with Gasteiger partial charge in [0.15, 0.2) is 0 Å². The lowest BCUT2D eigenvalue weighted by Gasteiger charge is -2.33. The van der Waals surface area contributed by atoms with Gasteiger partial charge in [-0.15, -0.1) is 0 Å². The molecule has 2 atom stereocenters. The van der Waals surface area contributed by atoms with E-state index in [1.807, 2.05) is 62.4 Å². The summed E-state index contributed by atoms with van der Waals surface area (Å²) in [5, 5.41) is 0.